The molecule has 182 valence electrons. The average molecular weight is 470 g/mol. The van der Waals surface area contributed by atoms with Gasteiger partial charge in [-0.05, 0) is 79.0 Å². The van der Waals surface area contributed by atoms with E-state index in [4.69, 9.17) is 9.47 Å². The molecule has 35 heavy (non-hydrogen) atoms. The molecule has 0 N–H and O–H groups in total. The van der Waals surface area contributed by atoms with Crippen LogP contribution in [0.1, 0.15) is 85.2 Å². The third-order valence-electron chi connectivity index (χ3n) is 9.07. The molecule has 2 aromatic carbocycles. The highest BCUT2D eigenvalue weighted by Crippen LogP contribution is 2.68. The summed E-state index contributed by atoms with van der Waals surface area (Å²) in [6.45, 7) is 7.69. The van der Waals surface area contributed by atoms with Crippen LogP contribution in [0.2, 0.25) is 0 Å². The first kappa shape index (κ1) is 22.5. The van der Waals surface area contributed by atoms with Crippen LogP contribution in [-0.4, -0.2) is 24.8 Å². The van der Waals surface area contributed by atoms with E-state index < -0.39 is 0 Å². The summed E-state index contributed by atoms with van der Waals surface area (Å²) >= 11 is 0. The fourth-order valence-corrected chi connectivity index (χ4v) is 7.08. The second-order valence-corrected chi connectivity index (χ2v) is 10.7. The van der Waals surface area contributed by atoms with Crippen molar-refractivity contribution in [2.24, 2.45) is 5.41 Å². The SMILES string of the molecule is C=C(CC)C12CC1c1cc(OC)ccc1-c1c(C3CCCCC3)c3ccc(C(=O)OC)cc3n1C2. The number of methoxy groups -OCH3 is 2. The van der Waals surface area contributed by atoms with Gasteiger partial charge in [0.05, 0.1) is 25.5 Å². The quantitative estimate of drug-likeness (QED) is 0.285. The number of carbonyl (C=O) groups is 1. The van der Waals surface area contributed by atoms with Crippen molar-refractivity contribution >= 4 is 16.9 Å². The summed E-state index contributed by atoms with van der Waals surface area (Å²) in [4.78, 5) is 12.5. The molecule has 2 saturated carbocycles. The second-order valence-electron chi connectivity index (χ2n) is 10.7. The molecule has 3 aromatic rings. The predicted octanol–water partition coefficient (Wildman–Crippen LogP) is 7.60. The minimum Gasteiger partial charge on any atom is -0.497 e. The topological polar surface area (TPSA) is 40.5 Å². The lowest BCUT2D eigenvalue weighted by Crippen LogP contribution is -2.15. The molecule has 6 rings (SSSR count). The van der Waals surface area contributed by atoms with Crippen LogP contribution in [0.5, 0.6) is 5.75 Å². The van der Waals surface area contributed by atoms with Crippen LogP contribution in [0.3, 0.4) is 0 Å². The van der Waals surface area contributed by atoms with Crippen molar-refractivity contribution in [2.45, 2.75) is 70.3 Å². The van der Waals surface area contributed by atoms with E-state index in [2.05, 4.69) is 48.4 Å². The van der Waals surface area contributed by atoms with E-state index >= 15 is 0 Å². The van der Waals surface area contributed by atoms with E-state index in [1.54, 1.807) is 7.11 Å². The highest BCUT2D eigenvalue weighted by atomic mass is 16.5. The van der Waals surface area contributed by atoms with Crippen LogP contribution in [0, 0.1) is 5.41 Å². The zero-order valence-electron chi connectivity index (χ0n) is 21.2. The lowest BCUT2D eigenvalue weighted by molar-refractivity contribution is 0.0601. The average Bonchev–Trinajstić information content (AvgIpc) is 3.58. The van der Waals surface area contributed by atoms with Gasteiger partial charge < -0.3 is 14.0 Å². The van der Waals surface area contributed by atoms with Crippen molar-refractivity contribution in [2.75, 3.05) is 14.2 Å². The minimum absolute atomic E-state index is 0.0537. The maximum absolute atomic E-state index is 12.5. The molecule has 0 bridgehead atoms. The first-order valence-electron chi connectivity index (χ1n) is 13.1. The number of hydrogen-bond donors (Lipinski definition) is 0. The summed E-state index contributed by atoms with van der Waals surface area (Å²) in [5.74, 6) is 1.64. The Bertz CT molecular complexity index is 1340. The van der Waals surface area contributed by atoms with E-state index in [1.165, 1.54) is 72.6 Å². The number of ether oxygens (including phenoxy) is 2. The zero-order chi connectivity index (χ0) is 24.3. The summed E-state index contributed by atoms with van der Waals surface area (Å²) < 4.78 is 13.3. The maximum atomic E-state index is 12.5. The summed E-state index contributed by atoms with van der Waals surface area (Å²) in [7, 11) is 3.21. The molecule has 1 aliphatic heterocycles. The molecule has 0 amide bonds. The molecule has 0 spiro atoms. The summed E-state index contributed by atoms with van der Waals surface area (Å²) in [5, 5.41) is 1.29. The Labute approximate surface area is 207 Å². The molecule has 4 nitrogen and oxygen atoms in total. The summed E-state index contributed by atoms with van der Waals surface area (Å²) in [6, 6.07) is 12.8. The van der Waals surface area contributed by atoms with Gasteiger partial charge in [0, 0.05) is 28.4 Å². The largest absolute Gasteiger partial charge is 0.497 e. The Morgan fingerprint density at radius 3 is 2.63 bits per heavy atom. The third kappa shape index (κ3) is 3.29. The maximum Gasteiger partial charge on any atom is 0.337 e. The van der Waals surface area contributed by atoms with Gasteiger partial charge in [-0.2, -0.15) is 0 Å². The van der Waals surface area contributed by atoms with Crippen LogP contribution in [0.4, 0.5) is 0 Å². The van der Waals surface area contributed by atoms with Crippen molar-refractivity contribution in [1.82, 2.24) is 4.57 Å². The van der Waals surface area contributed by atoms with E-state index in [0.29, 0.717) is 17.4 Å². The van der Waals surface area contributed by atoms with Crippen molar-refractivity contribution in [1.29, 1.82) is 0 Å². The molecule has 0 radical (unpaired) electrons. The molecular weight excluding hydrogens is 434 g/mol. The number of aromatic nitrogens is 1. The first-order valence-corrected chi connectivity index (χ1v) is 13.1. The van der Waals surface area contributed by atoms with E-state index in [9.17, 15) is 4.79 Å². The van der Waals surface area contributed by atoms with Gasteiger partial charge in [-0.25, -0.2) is 4.79 Å². The lowest BCUT2D eigenvalue weighted by Gasteiger charge is -2.24. The molecule has 3 aliphatic rings. The molecule has 2 aliphatic carbocycles. The monoisotopic (exact) mass is 469 g/mol. The van der Waals surface area contributed by atoms with Crippen LogP contribution >= 0.6 is 0 Å². The highest BCUT2D eigenvalue weighted by molar-refractivity contribution is 5.99. The normalized spacial score (nSPS) is 23.1. The number of allylic oxidation sites excluding steroid dienone is 1. The molecule has 2 unspecified atom stereocenters. The molecule has 2 fully saturated rings. The van der Waals surface area contributed by atoms with E-state index in [1.807, 2.05) is 6.07 Å². The number of benzene rings is 2. The zero-order valence-corrected chi connectivity index (χ0v) is 21.2. The first-order chi connectivity index (χ1) is 17.0. The number of fused-ring (bicyclic) bond motifs is 7. The van der Waals surface area contributed by atoms with Crippen LogP contribution in [0.25, 0.3) is 22.2 Å². The van der Waals surface area contributed by atoms with Crippen molar-refractivity contribution in [3.63, 3.8) is 0 Å². The number of nitrogens with zero attached hydrogens (tertiary/aromatic N) is 1. The van der Waals surface area contributed by atoms with Crippen molar-refractivity contribution < 1.29 is 14.3 Å². The van der Waals surface area contributed by atoms with Gasteiger partial charge in [-0.3, -0.25) is 0 Å². The molecular formula is C31H35NO3. The molecule has 4 heteroatoms. The number of carbonyl (C=O) groups excluding carboxylic acids is 1. The van der Waals surface area contributed by atoms with E-state index in [0.717, 1.165) is 30.7 Å². The number of rotatable bonds is 5. The molecule has 0 saturated heterocycles. The van der Waals surface area contributed by atoms with Crippen molar-refractivity contribution in [3.8, 4) is 17.0 Å². The number of hydrogen-bond acceptors (Lipinski definition) is 3. The standard InChI is InChI=1S/C31H35NO3/c1-5-19(2)31-17-26(31)25-16-22(34-3)12-14-23(25)29-28(20-9-7-6-8-10-20)24-13-11-21(30(33)35-4)15-27(24)32(29)18-31/h11-16,20,26H,2,5-10,17-18H2,1,3-4H3. The minimum atomic E-state index is -0.280. The van der Waals surface area contributed by atoms with Gasteiger partial charge in [0.2, 0.25) is 0 Å². The Balaban J connectivity index is 1.68. The van der Waals surface area contributed by atoms with Gasteiger partial charge in [0.25, 0.3) is 0 Å². The number of esters is 1. The van der Waals surface area contributed by atoms with Crippen LogP contribution in [0.15, 0.2) is 48.6 Å². The van der Waals surface area contributed by atoms with Crippen LogP contribution < -0.4 is 4.74 Å². The van der Waals surface area contributed by atoms with E-state index in [-0.39, 0.29) is 11.4 Å². The lowest BCUT2D eigenvalue weighted by atomic mass is 9.81. The van der Waals surface area contributed by atoms with Gasteiger partial charge in [-0.15, -0.1) is 0 Å². The summed E-state index contributed by atoms with van der Waals surface area (Å²) in [6.07, 6.45) is 8.45. The summed E-state index contributed by atoms with van der Waals surface area (Å²) in [5.41, 5.74) is 8.70. The third-order valence-corrected chi connectivity index (χ3v) is 9.07. The van der Waals surface area contributed by atoms with Crippen LogP contribution in [-0.2, 0) is 11.3 Å². The second kappa shape index (κ2) is 8.29. The molecule has 1 aromatic heterocycles. The smallest absolute Gasteiger partial charge is 0.337 e. The Hall–Kier alpha value is -3.01. The Morgan fingerprint density at radius 1 is 1.11 bits per heavy atom. The fraction of sp³-hybridized carbons (Fsp3) is 0.452. The fourth-order valence-electron chi connectivity index (χ4n) is 7.08. The van der Waals surface area contributed by atoms with Crippen molar-refractivity contribution in [3.05, 3.63) is 65.2 Å². The molecule has 2 atom stereocenters. The predicted molar refractivity (Wildman–Crippen MR) is 140 cm³/mol. The van der Waals surface area contributed by atoms with Gasteiger partial charge in [-0.1, -0.05) is 44.4 Å². The highest BCUT2D eigenvalue weighted by Gasteiger charge is 2.58. The van der Waals surface area contributed by atoms with Gasteiger partial charge in [0.15, 0.2) is 0 Å². The van der Waals surface area contributed by atoms with Gasteiger partial charge in [0.1, 0.15) is 5.75 Å². The van der Waals surface area contributed by atoms with Gasteiger partial charge >= 0.3 is 5.97 Å². The molecule has 2 heterocycles. The Kier molecular flexibility index (Phi) is 5.32. The Morgan fingerprint density at radius 2 is 1.91 bits per heavy atom.